The highest BCUT2D eigenvalue weighted by atomic mass is 32.2. The van der Waals surface area contributed by atoms with Crippen LogP contribution in [-0.4, -0.2) is 21.0 Å². The molecule has 3 aromatic rings. The van der Waals surface area contributed by atoms with Crippen molar-refractivity contribution in [2.45, 2.75) is 24.2 Å². The van der Waals surface area contributed by atoms with E-state index in [1.807, 2.05) is 43.3 Å². The fourth-order valence-electron chi connectivity index (χ4n) is 3.16. The third-order valence-electron chi connectivity index (χ3n) is 4.68. The van der Waals surface area contributed by atoms with Crippen LogP contribution in [0.1, 0.15) is 29.0 Å². The van der Waals surface area contributed by atoms with Gasteiger partial charge < -0.3 is 5.32 Å². The predicted molar refractivity (Wildman–Crippen MR) is 114 cm³/mol. The maximum absolute atomic E-state index is 12.3. The number of benzene rings is 3. The molecule has 0 heterocycles. The van der Waals surface area contributed by atoms with E-state index in [0.717, 1.165) is 16.7 Å². The average molecular weight is 409 g/mol. The summed E-state index contributed by atoms with van der Waals surface area (Å²) in [6.07, 6.45) is 0.645. The van der Waals surface area contributed by atoms with Crippen LogP contribution in [0.2, 0.25) is 0 Å². The molecule has 5 nitrogen and oxygen atoms in total. The van der Waals surface area contributed by atoms with Gasteiger partial charge in [0.05, 0.1) is 4.90 Å². The second kappa shape index (κ2) is 9.39. The number of amides is 2. The molecule has 3 rings (SSSR count). The first-order valence-electron chi connectivity index (χ1n) is 9.43. The van der Waals surface area contributed by atoms with Gasteiger partial charge in [-0.1, -0.05) is 78.4 Å². The Bertz CT molecular complexity index is 995. The zero-order valence-corrected chi connectivity index (χ0v) is 17.0. The Balaban J connectivity index is 1.62. The molecule has 0 radical (unpaired) electrons. The van der Waals surface area contributed by atoms with Gasteiger partial charge in [-0.25, -0.2) is 17.9 Å². The molecule has 0 saturated heterocycles. The first kappa shape index (κ1) is 20.6. The first-order chi connectivity index (χ1) is 14.0. The Kier molecular flexibility index (Phi) is 6.67. The topological polar surface area (TPSA) is 75.3 Å². The Morgan fingerprint density at radius 3 is 1.86 bits per heavy atom. The molecule has 0 aliphatic rings. The molecule has 2 N–H and O–H groups in total. The molecular weight excluding hydrogens is 384 g/mol. The molecule has 3 aromatic carbocycles. The Labute approximate surface area is 171 Å². The van der Waals surface area contributed by atoms with Crippen LogP contribution in [0.15, 0.2) is 89.8 Å². The van der Waals surface area contributed by atoms with E-state index < -0.39 is 16.1 Å². The van der Waals surface area contributed by atoms with Gasteiger partial charge in [0, 0.05) is 12.5 Å². The summed E-state index contributed by atoms with van der Waals surface area (Å²) in [5, 5.41) is 2.66. The van der Waals surface area contributed by atoms with Crippen LogP contribution >= 0.6 is 0 Å². The number of carbonyl (C=O) groups is 1. The van der Waals surface area contributed by atoms with Crippen LogP contribution in [0.5, 0.6) is 0 Å². The van der Waals surface area contributed by atoms with Crippen molar-refractivity contribution in [3.63, 3.8) is 0 Å². The molecule has 0 aliphatic carbocycles. The Morgan fingerprint density at radius 2 is 1.34 bits per heavy atom. The zero-order valence-electron chi connectivity index (χ0n) is 16.2. The second-order valence-corrected chi connectivity index (χ2v) is 8.52. The molecule has 0 unspecified atom stereocenters. The van der Waals surface area contributed by atoms with Gasteiger partial charge in [-0.15, -0.1) is 0 Å². The van der Waals surface area contributed by atoms with Crippen LogP contribution < -0.4 is 10.0 Å². The largest absolute Gasteiger partial charge is 0.337 e. The van der Waals surface area contributed by atoms with Crippen molar-refractivity contribution < 1.29 is 13.2 Å². The minimum atomic E-state index is -3.89. The van der Waals surface area contributed by atoms with E-state index in [-0.39, 0.29) is 10.8 Å². The fraction of sp³-hybridized carbons (Fsp3) is 0.174. The van der Waals surface area contributed by atoms with E-state index in [4.69, 9.17) is 0 Å². The van der Waals surface area contributed by atoms with Crippen LogP contribution in [0, 0.1) is 6.92 Å². The molecule has 0 aromatic heterocycles. The molecule has 0 spiro atoms. The highest BCUT2D eigenvalue weighted by Gasteiger charge is 2.18. The lowest BCUT2D eigenvalue weighted by Crippen LogP contribution is -2.40. The molecule has 0 fully saturated rings. The summed E-state index contributed by atoms with van der Waals surface area (Å²) < 4.78 is 26.7. The van der Waals surface area contributed by atoms with E-state index in [0.29, 0.717) is 13.0 Å². The highest BCUT2D eigenvalue weighted by molar-refractivity contribution is 7.90. The number of hydrogen-bond donors (Lipinski definition) is 2. The Hall–Kier alpha value is -3.12. The Morgan fingerprint density at radius 1 is 0.828 bits per heavy atom. The first-order valence-corrected chi connectivity index (χ1v) is 10.9. The molecule has 0 atom stereocenters. The number of urea groups is 1. The number of sulfonamides is 1. The van der Waals surface area contributed by atoms with E-state index in [9.17, 15) is 13.2 Å². The van der Waals surface area contributed by atoms with E-state index in [2.05, 4.69) is 34.3 Å². The third kappa shape index (κ3) is 5.68. The van der Waals surface area contributed by atoms with Crippen molar-refractivity contribution in [1.82, 2.24) is 10.0 Å². The predicted octanol–water partition coefficient (Wildman–Crippen LogP) is 4.21. The smallest absolute Gasteiger partial charge is 0.328 e. The second-order valence-electron chi connectivity index (χ2n) is 6.84. The molecule has 0 aliphatic heterocycles. The molecule has 29 heavy (non-hydrogen) atoms. The van der Waals surface area contributed by atoms with Gasteiger partial charge in [0.2, 0.25) is 0 Å². The fourth-order valence-corrected chi connectivity index (χ4v) is 4.09. The van der Waals surface area contributed by atoms with Crippen molar-refractivity contribution in [3.05, 3.63) is 102 Å². The van der Waals surface area contributed by atoms with Crippen LogP contribution in [0.3, 0.4) is 0 Å². The minimum Gasteiger partial charge on any atom is -0.337 e. The van der Waals surface area contributed by atoms with Crippen molar-refractivity contribution in [1.29, 1.82) is 0 Å². The van der Waals surface area contributed by atoms with Gasteiger partial charge >= 0.3 is 6.03 Å². The monoisotopic (exact) mass is 408 g/mol. The lowest BCUT2D eigenvalue weighted by atomic mass is 9.88. The minimum absolute atomic E-state index is 0.0599. The van der Waals surface area contributed by atoms with E-state index in [1.165, 1.54) is 12.1 Å². The highest BCUT2D eigenvalue weighted by Crippen LogP contribution is 2.27. The number of carbonyl (C=O) groups excluding carboxylic acids is 1. The molecule has 6 heteroatoms. The summed E-state index contributed by atoms with van der Waals surface area (Å²) in [7, 11) is -3.89. The lowest BCUT2D eigenvalue weighted by Gasteiger charge is -2.18. The number of aryl methyl sites for hydroxylation is 1. The molecule has 150 valence electrons. The summed E-state index contributed by atoms with van der Waals surface area (Å²) in [6, 6.07) is 25.7. The molecule has 2 amide bonds. The van der Waals surface area contributed by atoms with Crippen LogP contribution in [0.25, 0.3) is 0 Å². The maximum Gasteiger partial charge on any atom is 0.328 e. The van der Waals surface area contributed by atoms with Crippen LogP contribution in [0.4, 0.5) is 4.79 Å². The normalized spacial score (nSPS) is 11.2. The van der Waals surface area contributed by atoms with Crippen molar-refractivity contribution >= 4 is 16.1 Å². The van der Waals surface area contributed by atoms with Gasteiger partial charge in [-0.05, 0) is 36.6 Å². The van der Waals surface area contributed by atoms with Gasteiger partial charge in [0.25, 0.3) is 10.0 Å². The van der Waals surface area contributed by atoms with E-state index >= 15 is 0 Å². The summed E-state index contributed by atoms with van der Waals surface area (Å²) in [5.41, 5.74) is 3.24. The zero-order chi connectivity index (χ0) is 20.7. The summed E-state index contributed by atoms with van der Waals surface area (Å²) in [4.78, 5) is 12.2. The van der Waals surface area contributed by atoms with Crippen molar-refractivity contribution in [2.75, 3.05) is 6.54 Å². The van der Waals surface area contributed by atoms with Gasteiger partial charge in [-0.3, -0.25) is 0 Å². The van der Waals surface area contributed by atoms with Gasteiger partial charge in [-0.2, -0.15) is 0 Å². The van der Waals surface area contributed by atoms with Crippen LogP contribution in [-0.2, 0) is 10.0 Å². The summed E-state index contributed by atoms with van der Waals surface area (Å²) >= 11 is 0. The van der Waals surface area contributed by atoms with Gasteiger partial charge in [0.1, 0.15) is 0 Å². The SMILES string of the molecule is Cc1ccc(S(=O)(=O)NC(=O)NCCC(c2ccccc2)c2ccccc2)cc1. The lowest BCUT2D eigenvalue weighted by molar-refractivity contribution is 0.245. The molecular formula is C23H24N2O3S. The quantitative estimate of drug-likeness (QED) is 0.615. The molecule has 0 bridgehead atoms. The number of hydrogen-bond acceptors (Lipinski definition) is 3. The molecule has 0 saturated carbocycles. The maximum atomic E-state index is 12.3. The van der Waals surface area contributed by atoms with Crippen molar-refractivity contribution in [2.24, 2.45) is 0 Å². The number of nitrogens with one attached hydrogen (secondary N) is 2. The number of rotatable bonds is 7. The van der Waals surface area contributed by atoms with Gasteiger partial charge in [0.15, 0.2) is 0 Å². The van der Waals surface area contributed by atoms with E-state index in [1.54, 1.807) is 12.1 Å². The summed E-state index contributed by atoms with van der Waals surface area (Å²) in [5.74, 6) is 0.103. The average Bonchev–Trinajstić information content (AvgIpc) is 2.72. The third-order valence-corrected chi connectivity index (χ3v) is 6.03. The van der Waals surface area contributed by atoms with Crippen molar-refractivity contribution in [3.8, 4) is 0 Å². The standard InChI is InChI=1S/C23H24N2O3S/c1-18-12-14-21(15-13-18)29(27,28)25-23(26)24-17-16-22(19-8-4-2-5-9-19)20-10-6-3-7-11-20/h2-15,22H,16-17H2,1H3,(H2,24,25,26). The summed E-state index contributed by atoms with van der Waals surface area (Å²) in [6.45, 7) is 2.20.